The number of allylic oxidation sites excluding steroid dienone is 18. The molecule has 8 heteroatoms. The number of carbonyl (C=O) groups is 3. The normalized spacial score (nSPS) is 13.7. The number of nitrogens with zero attached hydrogens (tertiary/aromatic N) is 1. The number of carbonyl (C=O) groups excluding carboxylic acids is 2. The highest BCUT2D eigenvalue weighted by Crippen LogP contribution is 2.15. The van der Waals surface area contributed by atoms with E-state index in [1.807, 2.05) is 21.1 Å². The van der Waals surface area contributed by atoms with Crippen molar-refractivity contribution in [1.82, 2.24) is 0 Å². The minimum atomic E-state index is -0.881. The number of carboxylic acids is 1. The second kappa shape index (κ2) is 50.4. The van der Waals surface area contributed by atoms with Crippen molar-refractivity contribution in [3.05, 3.63) is 109 Å². The Kier molecular flexibility index (Phi) is 47.5. The molecule has 0 aromatic heterocycles. The molecule has 0 amide bonds. The number of quaternary nitrogens is 1. The van der Waals surface area contributed by atoms with Crippen LogP contribution in [0.4, 0.5) is 0 Å². The van der Waals surface area contributed by atoms with Gasteiger partial charge < -0.3 is 23.8 Å². The minimum Gasteiger partial charge on any atom is -0.477 e. The highest BCUT2D eigenvalue weighted by Gasteiger charge is 2.31. The molecular weight excluding hydrogens is 859 g/mol. The maximum atomic E-state index is 12.8. The molecule has 0 saturated carbocycles. The average Bonchev–Trinajstić information content (AvgIpc) is 3.31. The maximum Gasteiger partial charge on any atom is 0.362 e. The van der Waals surface area contributed by atoms with Gasteiger partial charge in [0, 0.05) is 19.3 Å². The van der Waals surface area contributed by atoms with Crippen LogP contribution in [0.5, 0.6) is 0 Å². The molecule has 0 heterocycles. The van der Waals surface area contributed by atoms with E-state index in [0.29, 0.717) is 19.3 Å². The van der Waals surface area contributed by atoms with Gasteiger partial charge in [0.1, 0.15) is 6.61 Å². The number of hydrogen-bond acceptors (Lipinski definition) is 6. The van der Waals surface area contributed by atoms with Gasteiger partial charge in [0.25, 0.3) is 0 Å². The summed E-state index contributed by atoms with van der Waals surface area (Å²) in [7, 11) is 5.53. The Labute approximate surface area is 423 Å². The van der Waals surface area contributed by atoms with Gasteiger partial charge >= 0.3 is 17.9 Å². The Morgan fingerprint density at radius 2 is 0.768 bits per heavy atom. The predicted molar refractivity (Wildman–Crippen MR) is 293 cm³/mol. The van der Waals surface area contributed by atoms with Crippen molar-refractivity contribution in [2.24, 2.45) is 0 Å². The fraction of sp³-hybridized carbons (Fsp3) is 0.656. The zero-order valence-corrected chi connectivity index (χ0v) is 44.7. The molecular formula is C61H102NO7+. The van der Waals surface area contributed by atoms with Crippen LogP contribution in [0.3, 0.4) is 0 Å². The lowest BCUT2D eigenvalue weighted by atomic mass is 10.0. The van der Waals surface area contributed by atoms with Crippen molar-refractivity contribution in [3.8, 4) is 0 Å². The fourth-order valence-corrected chi connectivity index (χ4v) is 7.52. The largest absolute Gasteiger partial charge is 0.477 e. The summed E-state index contributed by atoms with van der Waals surface area (Å²) < 4.78 is 17.4. The monoisotopic (exact) mass is 961 g/mol. The summed E-state index contributed by atoms with van der Waals surface area (Å²) in [5.74, 6) is -1.50. The first kappa shape index (κ1) is 65.0. The molecule has 0 fully saturated rings. The first-order chi connectivity index (χ1) is 33.6. The Morgan fingerprint density at radius 1 is 0.435 bits per heavy atom. The standard InChI is InChI=1S/C61H101NO7/c1-6-8-10-12-14-16-18-20-22-24-26-28-30-32-34-36-38-40-42-44-46-48-50-52-60(64)69-57(55-67-54-53-58(61(65)66)62(3,4)5)56-68-59(63)51-49-47-45-43-41-39-37-35-33-31-29-27-25-23-21-19-17-15-13-11-9-7-2/h8-11,14-17,20-23,26-29,33,35,57-58H,6-7,12-13,18-19,24-25,30-32,34,36-56H2,1-5H3/p+1/b10-8+,11-9+,16-14+,17-15+,22-20+,23-21+,28-26+,29-27+,35-33+. The van der Waals surface area contributed by atoms with Gasteiger partial charge in [0.2, 0.25) is 0 Å². The summed E-state index contributed by atoms with van der Waals surface area (Å²) in [4.78, 5) is 37.3. The quantitative estimate of drug-likeness (QED) is 0.0281. The van der Waals surface area contributed by atoms with Gasteiger partial charge in [-0.2, -0.15) is 0 Å². The van der Waals surface area contributed by atoms with Crippen molar-refractivity contribution in [1.29, 1.82) is 0 Å². The van der Waals surface area contributed by atoms with Crippen LogP contribution < -0.4 is 0 Å². The van der Waals surface area contributed by atoms with E-state index in [-0.39, 0.29) is 36.2 Å². The van der Waals surface area contributed by atoms with Crippen LogP contribution in [0.15, 0.2) is 109 Å². The van der Waals surface area contributed by atoms with E-state index in [2.05, 4.69) is 123 Å². The highest BCUT2D eigenvalue weighted by molar-refractivity contribution is 5.72. The van der Waals surface area contributed by atoms with Crippen molar-refractivity contribution in [2.75, 3.05) is 41.0 Å². The minimum absolute atomic E-state index is 0.0482. The number of esters is 2. The van der Waals surface area contributed by atoms with E-state index in [1.165, 1.54) is 57.8 Å². The average molecular weight is 961 g/mol. The Morgan fingerprint density at radius 3 is 1.13 bits per heavy atom. The van der Waals surface area contributed by atoms with Crippen LogP contribution in [0.1, 0.15) is 206 Å². The van der Waals surface area contributed by atoms with Crippen LogP contribution >= 0.6 is 0 Å². The van der Waals surface area contributed by atoms with Gasteiger partial charge in [0.05, 0.1) is 34.4 Å². The Balaban J connectivity index is 4.26. The summed E-state index contributed by atoms with van der Waals surface area (Å²) in [5, 5.41) is 9.67. The van der Waals surface area contributed by atoms with Gasteiger partial charge in [-0.1, -0.05) is 200 Å². The lowest BCUT2D eigenvalue weighted by molar-refractivity contribution is -0.887. The van der Waals surface area contributed by atoms with Gasteiger partial charge in [-0.3, -0.25) is 9.59 Å². The molecule has 69 heavy (non-hydrogen) atoms. The topological polar surface area (TPSA) is 99.1 Å². The van der Waals surface area contributed by atoms with E-state index in [9.17, 15) is 19.5 Å². The SMILES string of the molecule is CC/C=C/C/C=C/C/C=C/C/C=C/C/C=C/CCCCCCCCC(=O)OCC(COCCC(C(=O)O)[N+](C)(C)C)OC(=O)CCCCCCCCCCCC/C=C/C/C=C/C/C=C/C/C=C/CC. The molecule has 8 nitrogen and oxygen atoms in total. The maximum absolute atomic E-state index is 12.8. The van der Waals surface area contributed by atoms with E-state index < -0.39 is 18.1 Å². The van der Waals surface area contributed by atoms with Crippen molar-refractivity contribution in [2.45, 2.75) is 219 Å². The molecule has 0 aromatic rings. The Hall–Kier alpha value is -4.01. The molecule has 392 valence electrons. The van der Waals surface area contributed by atoms with Crippen molar-refractivity contribution in [3.63, 3.8) is 0 Å². The van der Waals surface area contributed by atoms with Gasteiger partial charge in [0.15, 0.2) is 12.1 Å². The number of aliphatic carboxylic acids is 1. The van der Waals surface area contributed by atoms with Gasteiger partial charge in [-0.25, -0.2) is 4.79 Å². The van der Waals surface area contributed by atoms with Crippen molar-refractivity contribution < 1.29 is 38.2 Å². The zero-order valence-electron chi connectivity index (χ0n) is 44.7. The number of rotatable bonds is 48. The summed E-state index contributed by atoms with van der Waals surface area (Å²) in [5.41, 5.74) is 0. The number of ether oxygens (including phenoxy) is 3. The molecule has 2 unspecified atom stereocenters. The second-order valence-electron chi connectivity index (χ2n) is 19.1. The summed E-state index contributed by atoms with van der Waals surface area (Å²) in [6, 6.07) is -0.625. The molecule has 0 aromatic carbocycles. The summed E-state index contributed by atoms with van der Waals surface area (Å²) in [6.07, 6.45) is 70.0. The summed E-state index contributed by atoms with van der Waals surface area (Å²) >= 11 is 0. The first-order valence-electron chi connectivity index (χ1n) is 27.4. The third kappa shape index (κ3) is 48.8. The molecule has 0 aliphatic carbocycles. The fourth-order valence-electron chi connectivity index (χ4n) is 7.52. The molecule has 0 aliphatic heterocycles. The lowest BCUT2D eigenvalue weighted by Gasteiger charge is -2.31. The molecule has 0 radical (unpaired) electrons. The van der Waals surface area contributed by atoms with Crippen LogP contribution in [0, 0.1) is 0 Å². The van der Waals surface area contributed by atoms with Crippen LogP contribution in [-0.2, 0) is 28.6 Å². The van der Waals surface area contributed by atoms with E-state index in [1.54, 1.807) is 0 Å². The molecule has 2 atom stereocenters. The summed E-state index contributed by atoms with van der Waals surface area (Å²) in [6.45, 7) is 4.49. The van der Waals surface area contributed by atoms with Crippen LogP contribution in [0.25, 0.3) is 0 Å². The lowest BCUT2D eigenvalue weighted by Crippen LogP contribution is -2.50. The number of likely N-dealkylation sites (N-methyl/N-ethyl adjacent to an activating group) is 1. The van der Waals surface area contributed by atoms with E-state index >= 15 is 0 Å². The number of carboxylic acid groups (broad SMARTS) is 1. The van der Waals surface area contributed by atoms with E-state index in [4.69, 9.17) is 14.2 Å². The first-order valence-corrected chi connectivity index (χ1v) is 27.4. The molecule has 0 bridgehead atoms. The molecule has 0 spiro atoms. The zero-order chi connectivity index (χ0) is 50.6. The van der Waals surface area contributed by atoms with Gasteiger partial charge in [-0.15, -0.1) is 0 Å². The van der Waals surface area contributed by atoms with E-state index in [0.717, 1.165) is 116 Å². The number of hydrogen-bond donors (Lipinski definition) is 1. The second-order valence-corrected chi connectivity index (χ2v) is 19.1. The molecule has 0 aliphatic rings. The number of unbranched alkanes of at least 4 members (excludes halogenated alkanes) is 16. The smallest absolute Gasteiger partial charge is 0.362 e. The third-order valence-corrected chi connectivity index (χ3v) is 11.7. The van der Waals surface area contributed by atoms with Crippen LogP contribution in [0.2, 0.25) is 0 Å². The van der Waals surface area contributed by atoms with Crippen molar-refractivity contribution >= 4 is 17.9 Å². The molecule has 1 N–H and O–H groups in total. The third-order valence-electron chi connectivity index (χ3n) is 11.7. The molecule has 0 rings (SSSR count). The predicted octanol–water partition coefficient (Wildman–Crippen LogP) is 16.4. The van der Waals surface area contributed by atoms with Gasteiger partial charge in [-0.05, 0) is 96.3 Å². The Bertz CT molecular complexity index is 1490. The van der Waals surface area contributed by atoms with Crippen LogP contribution in [-0.4, -0.2) is 80.6 Å². The highest BCUT2D eigenvalue weighted by atomic mass is 16.6. The molecule has 0 saturated heterocycles.